The molecule has 0 bridgehead atoms. The van der Waals surface area contributed by atoms with Crippen LogP contribution in [0.4, 0.5) is 0 Å². The molecule has 0 spiro atoms. The molecule has 0 saturated carbocycles. The first-order valence-corrected chi connectivity index (χ1v) is 8.95. The molecule has 2 rings (SSSR count). The molecule has 1 aromatic carbocycles. The van der Waals surface area contributed by atoms with E-state index in [0.29, 0.717) is 5.92 Å². The Hall–Kier alpha value is -0.860. The molecule has 5 nitrogen and oxygen atoms in total. The lowest BCUT2D eigenvalue weighted by Crippen LogP contribution is -2.47. The van der Waals surface area contributed by atoms with Crippen molar-refractivity contribution in [3.05, 3.63) is 35.9 Å². The third kappa shape index (κ3) is 7.92. The lowest BCUT2D eigenvalue weighted by molar-refractivity contribution is 0.139. The van der Waals surface area contributed by atoms with Gasteiger partial charge in [-0.05, 0) is 18.5 Å². The number of halogens is 1. The molecule has 0 radical (unpaired) electrons. The summed E-state index contributed by atoms with van der Waals surface area (Å²) in [5, 5.41) is 3.53. The van der Waals surface area contributed by atoms with Crippen LogP contribution >= 0.6 is 24.0 Å². The molecule has 1 aliphatic rings. The average molecular weight is 459 g/mol. The summed E-state index contributed by atoms with van der Waals surface area (Å²) in [7, 11) is 6.15. The SMILES string of the molecule is CN=C(NCC(C)CN1CCN(C)CC1)N(C)Cc1ccccc1.I. The lowest BCUT2D eigenvalue weighted by Gasteiger charge is -2.34. The van der Waals surface area contributed by atoms with Gasteiger partial charge >= 0.3 is 0 Å². The fourth-order valence-corrected chi connectivity index (χ4v) is 3.12. The van der Waals surface area contributed by atoms with Gasteiger partial charge in [0, 0.05) is 59.9 Å². The van der Waals surface area contributed by atoms with Crippen LogP contribution in [0.15, 0.2) is 35.3 Å². The Bertz CT molecular complexity index is 500. The van der Waals surface area contributed by atoms with Crippen molar-refractivity contribution >= 4 is 29.9 Å². The van der Waals surface area contributed by atoms with Crippen molar-refractivity contribution in [1.29, 1.82) is 0 Å². The van der Waals surface area contributed by atoms with Crippen molar-refractivity contribution in [1.82, 2.24) is 20.0 Å². The zero-order chi connectivity index (χ0) is 17.4. The van der Waals surface area contributed by atoms with Crippen LogP contribution in [0, 0.1) is 5.92 Å². The maximum Gasteiger partial charge on any atom is 0.193 e. The number of guanidine groups is 1. The highest BCUT2D eigenvalue weighted by atomic mass is 127. The van der Waals surface area contributed by atoms with Crippen molar-refractivity contribution in [2.24, 2.45) is 10.9 Å². The zero-order valence-corrected chi connectivity index (χ0v) is 18.4. The summed E-state index contributed by atoms with van der Waals surface area (Å²) in [6, 6.07) is 10.5. The zero-order valence-electron chi connectivity index (χ0n) is 16.1. The molecule has 0 aromatic heterocycles. The first kappa shape index (κ1) is 22.2. The van der Waals surface area contributed by atoms with E-state index in [0.717, 1.165) is 25.6 Å². The van der Waals surface area contributed by atoms with Crippen LogP contribution < -0.4 is 5.32 Å². The van der Waals surface area contributed by atoms with Gasteiger partial charge in [-0.25, -0.2) is 0 Å². The summed E-state index contributed by atoms with van der Waals surface area (Å²) in [6.45, 7) is 10.0. The molecule has 1 heterocycles. The number of aliphatic imine (C=N–C) groups is 1. The Morgan fingerprint density at radius 3 is 2.44 bits per heavy atom. The normalized spacial score (nSPS) is 17.7. The summed E-state index contributed by atoms with van der Waals surface area (Å²) in [6.07, 6.45) is 0. The van der Waals surface area contributed by atoms with E-state index in [2.05, 4.69) is 76.4 Å². The van der Waals surface area contributed by atoms with Crippen LogP contribution in [0.3, 0.4) is 0 Å². The molecule has 142 valence electrons. The Morgan fingerprint density at radius 1 is 1.20 bits per heavy atom. The first-order valence-electron chi connectivity index (χ1n) is 8.95. The van der Waals surface area contributed by atoms with Crippen molar-refractivity contribution in [3.63, 3.8) is 0 Å². The Labute approximate surface area is 170 Å². The van der Waals surface area contributed by atoms with Crippen molar-refractivity contribution in [2.75, 3.05) is 60.4 Å². The smallest absolute Gasteiger partial charge is 0.193 e. The largest absolute Gasteiger partial charge is 0.356 e. The number of hydrogen-bond acceptors (Lipinski definition) is 3. The van der Waals surface area contributed by atoms with Gasteiger partial charge < -0.3 is 20.0 Å². The first-order chi connectivity index (χ1) is 11.6. The highest BCUT2D eigenvalue weighted by Gasteiger charge is 2.16. The van der Waals surface area contributed by atoms with Gasteiger partial charge in [0.05, 0.1) is 0 Å². The van der Waals surface area contributed by atoms with E-state index in [1.54, 1.807) is 0 Å². The Balaban J connectivity index is 0.00000312. The second-order valence-corrected chi connectivity index (χ2v) is 6.98. The Morgan fingerprint density at radius 2 is 1.84 bits per heavy atom. The van der Waals surface area contributed by atoms with E-state index in [4.69, 9.17) is 0 Å². The second kappa shape index (κ2) is 11.7. The topological polar surface area (TPSA) is 34.1 Å². The van der Waals surface area contributed by atoms with Crippen LogP contribution in [0.1, 0.15) is 12.5 Å². The third-order valence-corrected chi connectivity index (χ3v) is 4.61. The van der Waals surface area contributed by atoms with E-state index in [1.165, 1.54) is 31.7 Å². The van der Waals surface area contributed by atoms with Gasteiger partial charge in [0.2, 0.25) is 0 Å². The molecule has 1 fully saturated rings. The highest BCUT2D eigenvalue weighted by Crippen LogP contribution is 2.05. The second-order valence-electron chi connectivity index (χ2n) is 6.98. The fraction of sp³-hybridized carbons (Fsp3) is 0.632. The molecule has 1 aromatic rings. The standard InChI is InChI=1S/C19H33N5.HI/c1-17(15-24-12-10-22(3)11-13-24)14-21-19(20-2)23(4)16-18-8-6-5-7-9-18;/h5-9,17H,10-16H2,1-4H3,(H,20,21);1H. The van der Waals surface area contributed by atoms with E-state index >= 15 is 0 Å². The summed E-state index contributed by atoms with van der Waals surface area (Å²) >= 11 is 0. The van der Waals surface area contributed by atoms with Gasteiger partial charge in [-0.15, -0.1) is 24.0 Å². The number of piperazine rings is 1. The maximum atomic E-state index is 4.42. The predicted molar refractivity (Wildman–Crippen MR) is 118 cm³/mol. The van der Waals surface area contributed by atoms with Gasteiger partial charge in [-0.2, -0.15) is 0 Å². The van der Waals surface area contributed by atoms with E-state index in [-0.39, 0.29) is 24.0 Å². The lowest BCUT2D eigenvalue weighted by atomic mass is 10.1. The number of nitrogens with zero attached hydrogens (tertiary/aromatic N) is 4. The molecule has 25 heavy (non-hydrogen) atoms. The summed E-state index contributed by atoms with van der Waals surface area (Å²) in [4.78, 5) is 11.6. The van der Waals surface area contributed by atoms with Crippen molar-refractivity contribution in [2.45, 2.75) is 13.5 Å². The molecule has 1 aliphatic heterocycles. The van der Waals surface area contributed by atoms with Crippen LogP contribution in [-0.4, -0.2) is 81.1 Å². The quantitative estimate of drug-likeness (QED) is 0.402. The number of benzene rings is 1. The van der Waals surface area contributed by atoms with Gasteiger partial charge in [0.25, 0.3) is 0 Å². The molecule has 1 atom stereocenters. The molecule has 1 saturated heterocycles. The van der Waals surface area contributed by atoms with Crippen LogP contribution in [0.25, 0.3) is 0 Å². The molecule has 1 unspecified atom stereocenters. The number of nitrogens with one attached hydrogen (secondary N) is 1. The molecule has 0 aliphatic carbocycles. The van der Waals surface area contributed by atoms with Gasteiger partial charge in [0.1, 0.15) is 0 Å². The average Bonchev–Trinajstić information content (AvgIpc) is 2.58. The van der Waals surface area contributed by atoms with Crippen molar-refractivity contribution in [3.8, 4) is 0 Å². The minimum absolute atomic E-state index is 0. The molecular formula is C19H34IN5. The number of likely N-dealkylation sites (N-methyl/N-ethyl adjacent to an activating group) is 1. The fourth-order valence-electron chi connectivity index (χ4n) is 3.12. The summed E-state index contributed by atoms with van der Waals surface area (Å²) < 4.78 is 0. The van der Waals surface area contributed by atoms with E-state index in [1.807, 2.05) is 7.05 Å². The minimum atomic E-state index is 0. The number of hydrogen-bond donors (Lipinski definition) is 1. The van der Waals surface area contributed by atoms with Crippen molar-refractivity contribution < 1.29 is 0 Å². The summed E-state index contributed by atoms with van der Waals surface area (Å²) in [5.41, 5.74) is 1.30. The summed E-state index contributed by atoms with van der Waals surface area (Å²) in [5.74, 6) is 1.57. The molecule has 6 heteroatoms. The molecular weight excluding hydrogens is 425 g/mol. The minimum Gasteiger partial charge on any atom is -0.356 e. The van der Waals surface area contributed by atoms with E-state index in [9.17, 15) is 0 Å². The Kier molecular flexibility index (Phi) is 10.4. The highest BCUT2D eigenvalue weighted by molar-refractivity contribution is 14.0. The maximum absolute atomic E-state index is 4.42. The van der Waals surface area contributed by atoms with Crippen LogP contribution in [0.2, 0.25) is 0 Å². The van der Waals surface area contributed by atoms with Crippen LogP contribution in [-0.2, 0) is 6.54 Å². The molecule has 0 amide bonds. The molecule has 1 N–H and O–H groups in total. The van der Waals surface area contributed by atoms with Crippen LogP contribution in [0.5, 0.6) is 0 Å². The predicted octanol–water partition coefficient (Wildman–Crippen LogP) is 2.20. The van der Waals surface area contributed by atoms with Gasteiger partial charge in [-0.3, -0.25) is 4.99 Å². The number of rotatable bonds is 6. The monoisotopic (exact) mass is 459 g/mol. The van der Waals surface area contributed by atoms with E-state index < -0.39 is 0 Å². The van der Waals surface area contributed by atoms with Gasteiger partial charge in [0.15, 0.2) is 5.96 Å². The third-order valence-electron chi connectivity index (χ3n) is 4.61. The van der Waals surface area contributed by atoms with Gasteiger partial charge in [-0.1, -0.05) is 37.3 Å².